The maximum atomic E-state index is 12.2. The number of nitrogens with zero attached hydrogens (tertiary/aromatic N) is 3. The van der Waals surface area contributed by atoms with Crippen LogP contribution in [0.25, 0.3) is 0 Å². The van der Waals surface area contributed by atoms with Crippen LogP contribution in [0.3, 0.4) is 0 Å². The van der Waals surface area contributed by atoms with Gasteiger partial charge >= 0.3 is 0 Å². The van der Waals surface area contributed by atoms with Crippen LogP contribution in [-0.4, -0.2) is 22.9 Å². The fourth-order valence-corrected chi connectivity index (χ4v) is 1.66. The summed E-state index contributed by atoms with van der Waals surface area (Å²) in [6.07, 6.45) is 3.00. The molecule has 2 rings (SSSR count). The molecule has 18 heavy (non-hydrogen) atoms. The molecule has 0 aliphatic rings. The summed E-state index contributed by atoms with van der Waals surface area (Å²) in [7, 11) is 1.63. The SMILES string of the molecule is CN(C(=O)c1cnc(Cl)c(Cl)c1)c1ccccn1. The van der Waals surface area contributed by atoms with Crippen LogP contribution in [0.15, 0.2) is 36.7 Å². The molecule has 0 atom stereocenters. The van der Waals surface area contributed by atoms with E-state index in [1.807, 2.05) is 0 Å². The van der Waals surface area contributed by atoms with Crippen molar-refractivity contribution in [2.24, 2.45) is 0 Å². The predicted octanol–water partition coefficient (Wildman–Crippen LogP) is 3.06. The number of hydrogen-bond donors (Lipinski definition) is 0. The Morgan fingerprint density at radius 2 is 2.06 bits per heavy atom. The normalized spacial score (nSPS) is 10.2. The summed E-state index contributed by atoms with van der Waals surface area (Å²) in [6.45, 7) is 0. The van der Waals surface area contributed by atoms with Gasteiger partial charge in [-0.1, -0.05) is 29.3 Å². The van der Waals surface area contributed by atoms with Gasteiger partial charge in [0.1, 0.15) is 11.0 Å². The van der Waals surface area contributed by atoms with Gasteiger partial charge in [0.25, 0.3) is 5.91 Å². The van der Waals surface area contributed by atoms with Gasteiger partial charge < -0.3 is 0 Å². The van der Waals surface area contributed by atoms with Crippen molar-refractivity contribution in [3.8, 4) is 0 Å². The number of amides is 1. The van der Waals surface area contributed by atoms with Crippen LogP contribution in [0.2, 0.25) is 10.2 Å². The van der Waals surface area contributed by atoms with Crippen LogP contribution in [0.5, 0.6) is 0 Å². The molecule has 1 amide bonds. The zero-order chi connectivity index (χ0) is 13.1. The highest BCUT2D eigenvalue weighted by Crippen LogP contribution is 2.21. The molecule has 4 nitrogen and oxygen atoms in total. The van der Waals surface area contributed by atoms with Gasteiger partial charge in [0.15, 0.2) is 0 Å². The van der Waals surface area contributed by atoms with Crippen LogP contribution < -0.4 is 4.90 Å². The molecule has 2 aromatic rings. The Morgan fingerprint density at radius 1 is 1.28 bits per heavy atom. The number of rotatable bonds is 2. The molecule has 0 N–H and O–H groups in total. The molecule has 0 fully saturated rings. The monoisotopic (exact) mass is 281 g/mol. The van der Waals surface area contributed by atoms with Gasteiger partial charge in [0, 0.05) is 19.4 Å². The van der Waals surface area contributed by atoms with Crippen molar-refractivity contribution in [2.75, 3.05) is 11.9 Å². The Labute approximate surface area is 114 Å². The maximum Gasteiger partial charge on any atom is 0.260 e. The van der Waals surface area contributed by atoms with Crippen LogP contribution in [0.4, 0.5) is 5.82 Å². The molecule has 2 heterocycles. The van der Waals surface area contributed by atoms with Crippen molar-refractivity contribution < 1.29 is 4.79 Å². The third-order valence-electron chi connectivity index (χ3n) is 2.34. The van der Waals surface area contributed by atoms with Crippen molar-refractivity contribution in [1.29, 1.82) is 0 Å². The Balaban J connectivity index is 2.29. The lowest BCUT2D eigenvalue weighted by Gasteiger charge is -2.15. The lowest BCUT2D eigenvalue weighted by atomic mass is 10.2. The number of aromatic nitrogens is 2. The quantitative estimate of drug-likeness (QED) is 0.795. The molecule has 0 aliphatic carbocycles. The number of carbonyl (C=O) groups is 1. The Kier molecular flexibility index (Phi) is 3.79. The molecule has 6 heteroatoms. The Bertz CT molecular complexity index is 575. The molecule has 92 valence electrons. The second-order valence-corrected chi connectivity index (χ2v) is 4.31. The zero-order valence-electron chi connectivity index (χ0n) is 9.47. The molecule has 0 aromatic carbocycles. The smallest absolute Gasteiger partial charge is 0.260 e. The van der Waals surface area contributed by atoms with Gasteiger partial charge in [-0.05, 0) is 18.2 Å². The first-order valence-corrected chi connectivity index (χ1v) is 5.85. The summed E-state index contributed by atoms with van der Waals surface area (Å²) < 4.78 is 0. The predicted molar refractivity (Wildman–Crippen MR) is 71.2 cm³/mol. The van der Waals surface area contributed by atoms with E-state index in [1.54, 1.807) is 31.4 Å². The number of halogens is 2. The average Bonchev–Trinajstić information content (AvgIpc) is 2.41. The van der Waals surface area contributed by atoms with Gasteiger partial charge in [-0.3, -0.25) is 9.69 Å². The van der Waals surface area contributed by atoms with Gasteiger partial charge in [-0.2, -0.15) is 0 Å². The van der Waals surface area contributed by atoms with Crippen molar-refractivity contribution in [3.05, 3.63) is 52.4 Å². The lowest BCUT2D eigenvalue weighted by Crippen LogP contribution is -2.27. The summed E-state index contributed by atoms with van der Waals surface area (Å²) in [5.41, 5.74) is 0.359. The molecule has 0 radical (unpaired) electrons. The molecule has 0 unspecified atom stereocenters. The fraction of sp³-hybridized carbons (Fsp3) is 0.0833. The van der Waals surface area contributed by atoms with Crippen LogP contribution in [-0.2, 0) is 0 Å². The third-order valence-corrected chi connectivity index (χ3v) is 3.03. The number of pyridine rings is 2. The summed E-state index contributed by atoms with van der Waals surface area (Å²) in [6, 6.07) is 6.81. The molecule has 0 saturated heterocycles. The number of anilines is 1. The summed E-state index contributed by atoms with van der Waals surface area (Å²) in [5, 5.41) is 0.422. The van der Waals surface area contributed by atoms with E-state index in [4.69, 9.17) is 23.2 Å². The molecule has 0 spiro atoms. The highest BCUT2D eigenvalue weighted by Gasteiger charge is 2.15. The summed E-state index contributed by atoms with van der Waals surface area (Å²) in [4.78, 5) is 21.5. The maximum absolute atomic E-state index is 12.2. The van der Waals surface area contributed by atoms with Crippen molar-refractivity contribution >= 4 is 34.9 Å². The van der Waals surface area contributed by atoms with Crippen LogP contribution >= 0.6 is 23.2 Å². The molecule has 0 aliphatic heterocycles. The molecule has 0 bridgehead atoms. The van der Waals surface area contributed by atoms with Crippen LogP contribution in [0, 0.1) is 0 Å². The molecular weight excluding hydrogens is 273 g/mol. The van der Waals surface area contributed by atoms with E-state index in [1.165, 1.54) is 17.2 Å². The molecular formula is C12H9Cl2N3O. The minimum Gasteiger partial charge on any atom is -0.296 e. The topological polar surface area (TPSA) is 46.1 Å². The van der Waals surface area contributed by atoms with E-state index >= 15 is 0 Å². The standard InChI is InChI=1S/C12H9Cl2N3O/c1-17(10-4-2-3-5-15-10)12(18)8-6-9(13)11(14)16-7-8/h2-7H,1H3. The first kappa shape index (κ1) is 12.8. The Morgan fingerprint density at radius 3 is 2.67 bits per heavy atom. The van der Waals surface area contributed by atoms with Crippen molar-refractivity contribution in [3.63, 3.8) is 0 Å². The highest BCUT2D eigenvalue weighted by atomic mass is 35.5. The van der Waals surface area contributed by atoms with E-state index in [2.05, 4.69) is 9.97 Å². The lowest BCUT2D eigenvalue weighted by molar-refractivity contribution is 0.0992. The van der Waals surface area contributed by atoms with Gasteiger partial charge in [-0.25, -0.2) is 9.97 Å². The van der Waals surface area contributed by atoms with Gasteiger partial charge in [0.2, 0.25) is 0 Å². The number of carbonyl (C=O) groups excluding carboxylic acids is 1. The average molecular weight is 282 g/mol. The second kappa shape index (κ2) is 5.33. The van der Waals surface area contributed by atoms with E-state index in [-0.39, 0.29) is 16.1 Å². The van der Waals surface area contributed by atoms with Gasteiger partial charge in [0.05, 0.1) is 10.6 Å². The fourth-order valence-electron chi connectivity index (χ4n) is 1.39. The molecule has 2 aromatic heterocycles. The van der Waals surface area contributed by atoms with E-state index in [0.29, 0.717) is 11.4 Å². The number of hydrogen-bond acceptors (Lipinski definition) is 3. The minimum atomic E-state index is -0.250. The van der Waals surface area contributed by atoms with E-state index in [9.17, 15) is 4.79 Å². The highest BCUT2D eigenvalue weighted by molar-refractivity contribution is 6.41. The van der Waals surface area contributed by atoms with Crippen molar-refractivity contribution in [1.82, 2.24) is 9.97 Å². The van der Waals surface area contributed by atoms with Crippen LogP contribution in [0.1, 0.15) is 10.4 Å². The largest absolute Gasteiger partial charge is 0.296 e. The zero-order valence-corrected chi connectivity index (χ0v) is 11.0. The summed E-state index contributed by atoms with van der Waals surface area (Å²) in [5.74, 6) is 0.299. The van der Waals surface area contributed by atoms with Crippen molar-refractivity contribution in [2.45, 2.75) is 0 Å². The Hall–Kier alpha value is -1.65. The molecule has 0 saturated carbocycles. The first-order chi connectivity index (χ1) is 8.59. The minimum absolute atomic E-state index is 0.175. The first-order valence-electron chi connectivity index (χ1n) is 5.09. The van der Waals surface area contributed by atoms with E-state index in [0.717, 1.165) is 0 Å². The second-order valence-electron chi connectivity index (χ2n) is 3.55. The summed E-state index contributed by atoms with van der Waals surface area (Å²) >= 11 is 11.5. The van der Waals surface area contributed by atoms with Gasteiger partial charge in [-0.15, -0.1) is 0 Å². The third kappa shape index (κ3) is 2.60. The van der Waals surface area contributed by atoms with E-state index < -0.39 is 0 Å².